The van der Waals surface area contributed by atoms with Gasteiger partial charge in [-0.25, -0.2) is 9.59 Å². The Morgan fingerprint density at radius 1 is 0.731 bits per heavy atom. The van der Waals surface area contributed by atoms with Gasteiger partial charge in [-0.1, -0.05) is 54.6 Å². The first-order valence-electron chi connectivity index (χ1n) is 7.99. The summed E-state index contributed by atoms with van der Waals surface area (Å²) >= 11 is 0. The molecule has 5 heteroatoms. The van der Waals surface area contributed by atoms with Crippen LogP contribution in [-0.2, 0) is 0 Å². The zero-order valence-corrected chi connectivity index (χ0v) is 13.8. The molecule has 0 aliphatic rings. The highest BCUT2D eigenvalue weighted by Gasteiger charge is 2.28. The van der Waals surface area contributed by atoms with Crippen molar-refractivity contribution >= 4 is 17.6 Å². The molecule has 130 valence electrons. The van der Waals surface area contributed by atoms with Gasteiger partial charge < -0.3 is 15.9 Å². The van der Waals surface area contributed by atoms with Crippen molar-refractivity contribution in [3.8, 4) is 0 Å². The summed E-state index contributed by atoms with van der Waals surface area (Å²) in [6.45, 7) is 0. The first-order chi connectivity index (χ1) is 12.5. The van der Waals surface area contributed by atoms with Crippen LogP contribution in [0.25, 0.3) is 0 Å². The van der Waals surface area contributed by atoms with Crippen LogP contribution in [0.3, 0.4) is 0 Å². The van der Waals surface area contributed by atoms with Gasteiger partial charge in [0.15, 0.2) is 0 Å². The number of anilines is 1. The average Bonchev–Trinajstić information content (AvgIpc) is 2.64. The van der Waals surface area contributed by atoms with E-state index in [9.17, 15) is 19.8 Å². The molecule has 0 aromatic heterocycles. The molecule has 0 amide bonds. The van der Waals surface area contributed by atoms with E-state index in [1.165, 1.54) is 18.2 Å². The van der Waals surface area contributed by atoms with E-state index in [0.29, 0.717) is 11.3 Å². The van der Waals surface area contributed by atoms with Crippen molar-refractivity contribution in [3.63, 3.8) is 0 Å². The minimum Gasteiger partial charge on any atom is -0.478 e. The summed E-state index contributed by atoms with van der Waals surface area (Å²) in [5.41, 5.74) is 8.16. The van der Waals surface area contributed by atoms with Gasteiger partial charge in [0.2, 0.25) is 0 Å². The summed E-state index contributed by atoms with van der Waals surface area (Å²) in [7, 11) is 0. The van der Waals surface area contributed by atoms with Crippen LogP contribution in [0, 0.1) is 0 Å². The summed E-state index contributed by atoms with van der Waals surface area (Å²) in [5, 5.41) is 19.3. The Kier molecular flexibility index (Phi) is 4.71. The predicted octanol–water partition coefficient (Wildman–Crippen LogP) is 3.85. The van der Waals surface area contributed by atoms with Gasteiger partial charge in [0.05, 0.1) is 11.1 Å². The van der Waals surface area contributed by atoms with Crippen LogP contribution in [0.2, 0.25) is 0 Å². The Bertz CT molecular complexity index is 935. The molecule has 5 nitrogen and oxygen atoms in total. The SMILES string of the molecule is Nc1ccccc1C(c1ccccc1)c1c(C(=O)O)cccc1C(=O)O. The lowest BCUT2D eigenvalue weighted by Crippen LogP contribution is -2.16. The summed E-state index contributed by atoms with van der Waals surface area (Å²) in [6.07, 6.45) is 0. The molecule has 1 unspecified atom stereocenters. The molecule has 0 radical (unpaired) electrons. The highest BCUT2D eigenvalue weighted by molar-refractivity contribution is 5.97. The summed E-state index contributed by atoms with van der Waals surface area (Å²) < 4.78 is 0. The van der Waals surface area contributed by atoms with E-state index in [2.05, 4.69) is 0 Å². The zero-order valence-electron chi connectivity index (χ0n) is 13.8. The van der Waals surface area contributed by atoms with Crippen molar-refractivity contribution in [2.24, 2.45) is 0 Å². The maximum Gasteiger partial charge on any atom is 0.336 e. The molecule has 3 rings (SSSR count). The largest absolute Gasteiger partial charge is 0.478 e. The number of carbonyl (C=O) groups is 2. The highest BCUT2D eigenvalue weighted by Crippen LogP contribution is 2.38. The topological polar surface area (TPSA) is 101 Å². The van der Waals surface area contributed by atoms with Crippen LogP contribution < -0.4 is 5.73 Å². The van der Waals surface area contributed by atoms with Crippen LogP contribution in [0.4, 0.5) is 5.69 Å². The third-order valence-electron chi connectivity index (χ3n) is 4.30. The van der Waals surface area contributed by atoms with Crippen molar-refractivity contribution < 1.29 is 19.8 Å². The van der Waals surface area contributed by atoms with Crippen molar-refractivity contribution in [1.82, 2.24) is 0 Å². The fraction of sp³-hybridized carbons (Fsp3) is 0.0476. The lowest BCUT2D eigenvalue weighted by molar-refractivity contribution is 0.0695. The Labute approximate surface area is 150 Å². The number of carboxylic acid groups (broad SMARTS) is 2. The molecule has 3 aromatic carbocycles. The quantitative estimate of drug-likeness (QED) is 0.481. The van der Waals surface area contributed by atoms with Crippen LogP contribution in [0.15, 0.2) is 72.8 Å². The van der Waals surface area contributed by atoms with E-state index in [1.54, 1.807) is 24.3 Å². The highest BCUT2D eigenvalue weighted by atomic mass is 16.4. The van der Waals surface area contributed by atoms with Gasteiger partial charge in [-0.3, -0.25) is 0 Å². The number of rotatable bonds is 5. The minimum absolute atomic E-state index is 0.0537. The van der Waals surface area contributed by atoms with Crippen LogP contribution in [0.1, 0.15) is 43.3 Å². The molecule has 0 bridgehead atoms. The first kappa shape index (κ1) is 17.2. The van der Waals surface area contributed by atoms with Gasteiger partial charge in [0.25, 0.3) is 0 Å². The summed E-state index contributed by atoms with van der Waals surface area (Å²) in [4.78, 5) is 23.6. The lowest BCUT2D eigenvalue weighted by Gasteiger charge is -2.23. The minimum atomic E-state index is -1.18. The van der Waals surface area contributed by atoms with Gasteiger partial charge in [-0.15, -0.1) is 0 Å². The first-order valence-corrected chi connectivity index (χ1v) is 7.99. The molecule has 0 spiro atoms. The molecular weight excluding hydrogens is 330 g/mol. The number of para-hydroxylation sites is 1. The van der Waals surface area contributed by atoms with E-state index in [4.69, 9.17) is 5.73 Å². The van der Waals surface area contributed by atoms with Gasteiger partial charge in [0, 0.05) is 11.6 Å². The maximum atomic E-state index is 11.8. The summed E-state index contributed by atoms with van der Waals surface area (Å²) in [5.74, 6) is -2.98. The van der Waals surface area contributed by atoms with Crippen molar-refractivity contribution in [2.75, 3.05) is 5.73 Å². The lowest BCUT2D eigenvalue weighted by atomic mass is 9.79. The predicted molar refractivity (Wildman–Crippen MR) is 98.6 cm³/mol. The second-order valence-corrected chi connectivity index (χ2v) is 5.85. The van der Waals surface area contributed by atoms with Crippen LogP contribution >= 0.6 is 0 Å². The molecule has 0 aliphatic heterocycles. The molecule has 4 N–H and O–H groups in total. The third kappa shape index (κ3) is 3.15. The van der Waals surface area contributed by atoms with E-state index < -0.39 is 17.9 Å². The molecule has 26 heavy (non-hydrogen) atoms. The summed E-state index contributed by atoms with van der Waals surface area (Å²) in [6, 6.07) is 20.5. The Hall–Kier alpha value is -3.60. The fourth-order valence-electron chi connectivity index (χ4n) is 3.17. The van der Waals surface area contributed by atoms with E-state index in [-0.39, 0.29) is 16.7 Å². The molecule has 0 aliphatic carbocycles. The Balaban J connectivity index is 2.39. The number of benzene rings is 3. The third-order valence-corrected chi connectivity index (χ3v) is 4.30. The second-order valence-electron chi connectivity index (χ2n) is 5.85. The second kappa shape index (κ2) is 7.11. The van der Waals surface area contributed by atoms with Crippen molar-refractivity contribution in [1.29, 1.82) is 0 Å². The fourth-order valence-corrected chi connectivity index (χ4v) is 3.17. The van der Waals surface area contributed by atoms with E-state index in [1.807, 2.05) is 30.3 Å². The van der Waals surface area contributed by atoms with Crippen LogP contribution in [0.5, 0.6) is 0 Å². The monoisotopic (exact) mass is 347 g/mol. The van der Waals surface area contributed by atoms with Gasteiger partial charge in [0.1, 0.15) is 0 Å². The maximum absolute atomic E-state index is 11.8. The molecular formula is C21H17NO4. The average molecular weight is 347 g/mol. The molecule has 0 saturated heterocycles. The smallest absolute Gasteiger partial charge is 0.336 e. The molecule has 0 saturated carbocycles. The van der Waals surface area contributed by atoms with Crippen molar-refractivity contribution in [2.45, 2.75) is 5.92 Å². The number of carboxylic acids is 2. The number of nitrogen functional groups attached to an aromatic ring is 1. The van der Waals surface area contributed by atoms with Crippen molar-refractivity contribution in [3.05, 3.63) is 101 Å². The molecule has 0 fully saturated rings. The Morgan fingerprint density at radius 3 is 1.81 bits per heavy atom. The number of nitrogens with two attached hydrogens (primary N) is 1. The van der Waals surface area contributed by atoms with Gasteiger partial charge in [-0.05, 0) is 34.9 Å². The normalized spacial score (nSPS) is 11.7. The standard InChI is InChI=1S/C21H17NO4/c22-17-12-5-4-9-14(17)18(13-7-2-1-3-8-13)19-15(20(23)24)10-6-11-16(19)21(25)26/h1-12,18H,22H2,(H,23,24)(H,25,26). The molecule has 3 aromatic rings. The van der Waals surface area contributed by atoms with E-state index >= 15 is 0 Å². The van der Waals surface area contributed by atoms with E-state index in [0.717, 1.165) is 5.56 Å². The zero-order chi connectivity index (χ0) is 18.7. The number of hydrogen-bond acceptors (Lipinski definition) is 3. The Morgan fingerprint density at radius 2 is 1.27 bits per heavy atom. The number of aromatic carboxylic acids is 2. The van der Waals surface area contributed by atoms with Gasteiger partial charge >= 0.3 is 11.9 Å². The van der Waals surface area contributed by atoms with Crippen LogP contribution in [-0.4, -0.2) is 22.2 Å². The molecule has 0 heterocycles. The molecule has 1 atom stereocenters. The van der Waals surface area contributed by atoms with Gasteiger partial charge in [-0.2, -0.15) is 0 Å². The number of hydrogen-bond donors (Lipinski definition) is 3.